The standard InChI is InChI=1S/C16H29NO3/c1-3-8-13(9-4-2)15(20)17-16(12-14(18)19)10-6-5-7-11-16/h13H,3-12H2,1-2H3,(H,17,20)(H,18,19). The molecule has 0 spiro atoms. The van der Waals surface area contributed by atoms with Crippen LogP contribution in [0, 0.1) is 5.92 Å². The van der Waals surface area contributed by atoms with Gasteiger partial charge in [-0.2, -0.15) is 0 Å². The van der Waals surface area contributed by atoms with Crippen molar-refractivity contribution < 1.29 is 14.7 Å². The Balaban J connectivity index is 2.71. The summed E-state index contributed by atoms with van der Waals surface area (Å²) in [7, 11) is 0. The Labute approximate surface area is 122 Å². The Morgan fingerprint density at radius 3 is 2.10 bits per heavy atom. The highest BCUT2D eigenvalue weighted by atomic mass is 16.4. The Bertz CT molecular complexity index is 316. The van der Waals surface area contributed by atoms with Crippen molar-refractivity contribution in [3.05, 3.63) is 0 Å². The van der Waals surface area contributed by atoms with Crippen LogP contribution in [0.4, 0.5) is 0 Å². The predicted molar refractivity (Wildman–Crippen MR) is 79.5 cm³/mol. The molecule has 4 nitrogen and oxygen atoms in total. The highest BCUT2D eigenvalue weighted by Gasteiger charge is 2.36. The average Bonchev–Trinajstić information content (AvgIpc) is 2.38. The molecule has 0 aliphatic heterocycles. The number of rotatable bonds is 8. The summed E-state index contributed by atoms with van der Waals surface area (Å²) in [6, 6.07) is 0. The van der Waals surface area contributed by atoms with E-state index in [4.69, 9.17) is 5.11 Å². The number of amides is 1. The molecule has 1 fully saturated rings. The molecule has 116 valence electrons. The largest absolute Gasteiger partial charge is 0.481 e. The van der Waals surface area contributed by atoms with Crippen molar-refractivity contribution >= 4 is 11.9 Å². The topological polar surface area (TPSA) is 66.4 Å². The van der Waals surface area contributed by atoms with Crippen molar-refractivity contribution in [2.75, 3.05) is 0 Å². The van der Waals surface area contributed by atoms with Gasteiger partial charge in [0.25, 0.3) is 0 Å². The molecule has 0 atom stereocenters. The van der Waals surface area contributed by atoms with Crippen LogP contribution in [0.15, 0.2) is 0 Å². The molecular formula is C16H29NO3. The lowest BCUT2D eigenvalue weighted by atomic mass is 9.78. The van der Waals surface area contributed by atoms with Crippen molar-refractivity contribution in [1.29, 1.82) is 0 Å². The maximum atomic E-state index is 12.5. The molecule has 0 unspecified atom stereocenters. The summed E-state index contributed by atoms with van der Waals surface area (Å²) in [6.45, 7) is 4.17. The molecule has 0 aromatic heterocycles. The summed E-state index contributed by atoms with van der Waals surface area (Å²) in [5.74, 6) is -0.704. The second kappa shape index (κ2) is 8.28. The van der Waals surface area contributed by atoms with Crippen LogP contribution in [0.3, 0.4) is 0 Å². The Morgan fingerprint density at radius 1 is 1.10 bits per heavy atom. The first-order valence-corrected chi connectivity index (χ1v) is 8.07. The van der Waals surface area contributed by atoms with E-state index in [0.717, 1.165) is 57.8 Å². The van der Waals surface area contributed by atoms with Gasteiger partial charge in [0, 0.05) is 5.92 Å². The maximum Gasteiger partial charge on any atom is 0.305 e. The van der Waals surface area contributed by atoms with Crippen molar-refractivity contribution in [3.8, 4) is 0 Å². The van der Waals surface area contributed by atoms with E-state index in [2.05, 4.69) is 19.2 Å². The molecule has 4 heteroatoms. The molecular weight excluding hydrogens is 254 g/mol. The highest BCUT2D eigenvalue weighted by molar-refractivity contribution is 5.80. The molecule has 1 amide bonds. The summed E-state index contributed by atoms with van der Waals surface area (Å²) >= 11 is 0. The first kappa shape index (κ1) is 17.0. The number of aliphatic carboxylic acids is 1. The Morgan fingerprint density at radius 2 is 1.65 bits per heavy atom. The zero-order valence-corrected chi connectivity index (χ0v) is 12.9. The lowest BCUT2D eigenvalue weighted by Crippen LogP contribution is -2.52. The van der Waals surface area contributed by atoms with Gasteiger partial charge in [-0.25, -0.2) is 0 Å². The van der Waals surface area contributed by atoms with Gasteiger partial charge in [0.1, 0.15) is 0 Å². The highest BCUT2D eigenvalue weighted by Crippen LogP contribution is 2.32. The fourth-order valence-electron chi connectivity index (χ4n) is 3.33. The van der Waals surface area contributed by atoms with E-state index in [-0.39, 0.29) is 18.2 Å². The van der Waals surface area contributed by atoms with Crippen LogP contribution in [0.1, 0.15) is 78.1 Å². The van der Waals surface area contributed by atoms with Crippen LogP contribution < -0.4 is 5.32 Å². The molecule has 0 heterocycles. The third-order valence-corrected chi connectivity index (χ3v) is 4.33. The van der Waals surface area contributed by atoms with Gasteiger partial charge >= 0.3 is 5.97 Å². The summed E-state index contributed by atoms with van der Waals surface area (Å²) in [4.78, 5) is 23.6. The first-order valence-electron chi connectivity index (χ1n) is 8.07. The van der Waals surface area contributed by atoms with Crippen LogP contribution in [0.25, 0.3) is 0 Å². The van der Waals surface area contributed by atoms with Crippen LogP contribution >= 0.6 is 0 Å². The summed E-state index contributed by atoms with van der Waals surface area (Å²) in [5, 5.41) is 12.3. The van der Waals surface area contributed by atoms with Gasteiger partial charge in [-0.3, -0.25) is 9.59 Å². The minimum Gasteiger partial charge on any atom is -0.481 e. The summed E-state index contributed by atoms with van der Waals surface area (Å²) in [6.07, 6.45) is 8.60. The molecule has 1 aliphatic carbocycles. The van der Waals surface area contributed by atoms with Gasteiger partial charge in [-0.15, -0.1) is 0 Å². The van der Waals surface area contributed by atoms with Gasteiger partial charge in [0.15, 0.2) is 0 Å². The molecule has 0 radical (unpaired) electrons. The second-order valence-electron chi connectivity index (χ2n) is 6.18. The van der Waals surface area contributed by atoms with E-state index in [1.807, 2.05) is 0 Å². The monoisotopic (exact) mass is 283 g/mol. The molecule has 2 N–H and O–H groups in total. The van der Waals surface area contributed by atoms with Gasteiger partial charge in [0.05, 0.1) is 12.0 Å². The van der Waals surface area contributed by atoms with Crippen molar-refractivity contribution in [2.24, 2.45) is 5.92 Å². The van der Waals surface area contributed by atoms with Crippen molar-refractivity contribution in [2.45, 2.75) is 83.6 Å². The van der Waals surface area contributed by atoms with Crippen LogP contribution in [0.5, 0.6) is 0 Å². The molecule has 0 bridgehead atoms. The van der Waals surface area contributed by atoms with Gasteiger partial charge in [0.2, 0.25) is 5.91 Å². The summed E-state index contributed by atoms with van der Waals surface area (Å²) in [5.41, 5.74) is -0.499. The first-order chi connectivity index (χ1) is 9.53. The number of carboxylic acids is 1. The zero-order chi connectivity index (χ0) is 15.0. The van der Waals surface area contributed by atoms with Crippen LogP contribution in [0.2, 0.25) is 0 Å². The second-order valence-corrected chi connectivity index (χ2v) is 6.18. The molecule has 1 rings (SSSR count). The Hall–Kier alpha value is -1.06. The average molecular weight is 283 g/mol. The van der Waals surface area contributed by atoms with Crippen LogP contribution in [-0.2, 0) is 9.59 Å². The van der Waals surface area contributed by atoms with Crippen molar-refractivity contribution in [3.63, 3.8) is 0 Å². The predicted octanol–water partition coefficient (Wildman–Crippen LogP) is 3.50. The quantitative estimate of drug-likeness (QED) is 0.716. The van der Waals surface area contributed by atoms with E-state index in [9.17, 15) is 9.59 Å². The lowest BCUT2D eigenvalue weighted by molar-refractivity contribution is -0.140. The van der Waals surface area contributed by atoms with Gasteiger partial charge in [-0.1, -0.05) is 46.0 Å². The summed E-state index contributed by atoms with van der Waals surface area (Å²) < 4.78 is 0. The molecule has 0 aromatic carbocycles. The number of carbonyl (C=O) groups is 2. The third kappa shape index (κ3) is 5.14. The minimum atomic E-state index is -0.810. The lowest BCUT2D eigenvalue weighted by Gasteiger charge is -2.38. The molecule has 20 heavy (non-hydrogen) atoms. The van der Waals surface area contributed by atoms with Crippen molar-refractivity contribution in [1.82, 2.24) is 5.32 Å². The smallest absolute Gasteiger partial charge is 0.305 e. The zero-order valence-electron chi connectivity index (χ0n) is 12.9. The maximum absolute atomic E-state index is 12.5. The number of nitrogens with one attached hydrogen (secondary N) is 1. The van der Waals surface area contributed by atoms with Gasteiger partial charge in [-0.05, 0) is 25.7 Å². The van der Waals surface area contributed by atoms with E-state index < -0.39 is 11.5 Å². The molecule has 0 saturated heterocycles. The molecule has 0 aromatic rings. The number of carbonyl (C=O) groups excluding carboxylic acids is 1. The normalized spacial score (nSPS) is 17.9. The molecule has 1 saturated carbocycles. The van der Waals surface area contributed by atoms with Crippen LogP contribution in [-0.4, -0.2) is 22.5 Å². The van der Waals surface area contributed by atoms with E-state index in [0.29, 0.717) is 0 Å². The van der Waals surface area contributed by atoms with E-state index in [1.165, 1.54) is 0 Å². The number of hydrogen-bond acceptors (Lipinski definition) is 2. The SMILES string of the molecule is CCCC(CCC)C(=O)NC1(CC(=O)O)CCCCC1. The Kier molecular flexibility index (Phi) is 7.03. The number of carboxylic acid groups (broad SMARTS) is 1. The van der Waals surface area contributed by atoms with E-state index in [1.54, 1.807) is 0 Å². The number of hydrogen-bond donors (Lipinski definition) is 2. The van der Waals surface area contributed by atoms with Gasteiger partial charge < -0.3 is 10.4 Å². The minimum absolute atomic E-state index is 0.0394. The third-order valence-electron chi connectivity index (χ3n) is 4.33. The fourth-order valence-corrected chi connectivity index (χ4v) is 3.33. The van der Waals surface area contributed by atoms with E-state index >= 15 is 0 Å². The fraction of sp³-hybridized carbons (Fsp3) is 0.875. The molecule has 1 aliphatic rings.